The number of carbonyl (C=O) groups excluding carboxylic acids is 1. The molecule has 0 aromatic carbocycles. The van der Waals surface area contributed by atoms with Crippen molar-refractivity contribution in [3.63, 3.8) is 0 Å². The maximum atomic E-state index is 10.5. The Balaban J connectivity index is 2.48. The van der Waals surface area contributed by atoms with Crippen LogP contribution >= 0.6 is 0 Å². The Morgan fingerprint density at radius 1 is 1.70 bits per heavy atom. The third-order valence-corrected chi connectivity index (χ3v) is 2.61. The number of sulfonamides is 1. The average Bonchev–Trinajstić information content (AvgIpc) is 1.81. The van der Waals surface area contributed by atoms with Crippen LogP contribution in [-0.4, -0.2) is 33.3 Å². The van der Waals surface area contributed by atoms with Crippen molar-refractivity contribution in [2.75, 3.05) is 12.9 Å². The van der Waals surface area contributed by atoms with Crippen molar-refractivity contribution in [2.45, 2.75) is 6.04 Å². The number of nitrogens with one attached hydrogen (secondary N) is 1. The summed E-state index contributed by atoms with van der Waals surface area (Å²) in [6.45, 7) is 0. The number of hydrogen-bond donors (Lipinski definition) is 1. The summed E-state index contributed by atoms with van der Waals surface area (Å²) in [6, 6.07) is -0.657. The monoisotopic (exact) mass is 165 g/mol. The minimum absolute atomic E-state index is 0.153. The van der Waals surface area contributed by atoms with Crippen molar-refractivity contribution in [3.05, 3.63) is 0 Å². The van der Waals surface area contributed by atoms with Gasteiger partial charge >= 0.3 is 5.97 Å². The molecule has 1 aliphatic rings. The van der Waals surface area contributed by atoms with Crippen LogP contribution in [0.5, 0.6) is 0 Å². The standard InChI is InChI=1S/C4H7NO4S/c1-9-4(6)3-2-10(7,8)5-3/h3,5H,2H2,1H3/t3-/m0/s1. The first kappa shape index (κ1) is 7.49. The maximum Gasteiger partial charge on any atom is 0.325 e. The number of rotatable bonds is 1. The van der Waals surface area contributed by atoms with E-state index in [4.69, 9.17) is 0 Å². The van der Waals surface area contributed by atoms with E-state index >= 15 is 0 Å². The average molecular weight is 165 g/mol. The molecule has 0 aliphatic carbocycles. The highest BCUT2D eigenvalue weighted by Gasteiger charge is 2.38. The Morgan fingerprint density at radius 3 is 2.50 bits per heavy atom. The van der Waals surface area contributed by atoms with E-state index in [2.05, 4.69) is 9.46 Å². The number of carbonyl (C=O) groups is 1. The molecule has 58 valence electrons. The molecule has 6 heteroatoms. The van der Waals surface area contributed by atoms with Gasteiger partial charge in [-0.05, 0) is 0 Å². The molecular weight excluding hydrogens is 158 g/mol. The van der Waals surface area contributed by atoms with Gasteiger partial charge in [-0.15, -0.1) is 0 Å². The SMILES string of the molecule is COC(=O)[C@@H]1CS(=O)(=O)N1. The first-order chi connectivity index (χ1) is 4.55. The molecule has 0 amide bonds. The minimum Gasteiger partial charge on any atom is -0.468 e. The summed E-state index contributed by atoms with van der Waals surface area (Å²) in [7, 11) is -1.92. The van der Waals surface area contributed by atoms with E-state index < -0.39 is 22.0 Å². The van der Waals surface area contributed by atoms with Gasteiger partial charge in [-0.3, -0.25) is 4.79 Å². The summed E-state index contributed by atoms with van der Waals surface area (Å²) in [5, 5.41) is 0. The molecule has 1 N–H and O–H groups in total. The van der Waals surface area contributed by atoms with Crippen LogP contribution in [0.15, 0.2) is 0 Å². The van der Waals surface area contributed by atoms with Crippen LogP contribution in [0.3, 0.4) is 0 Å². The van der Waals surface area contributed by atoms with Gasteiger partial charge in [0.2, 0.25) is 10.0 Å². The second kappa shape index (κ2) is 2.21. The molecule has 1 rings (SSSR count). The van der Waals surface area contributed by atoms with Gasteiger partial charge in [-0.1, -0.05) is 0 Å². The fourth-order valence-electron chi connectivity index (χ4n) is 0.677. The van der Waals surface area contributed by atoms with Gasteiger partial charge in [0.1, 0.15) is 6.04 Å². The van der Waals surface area contributed by atoms with Gasteiger partial charge < -0.3 is 4.74 Å². The molecule has 1 atom stereocenters. The van der Waals surface area contributed by atoms with Gasteiger partial charge in [0.05, 0.1) is 12.9 Å². The highest BCUT2D eigenvalue weighted by atomic mass is 32.2. The van der Waals surface area contributed by atoms with E-state index in [0.29, 0.717) is 0 Å². The molecule has 5 nitrogen and oxygen atoms in total. The number of ether oxygens (including phenoxy) is 1. The Labute approximate surface area is 58.4 Å². The number of hydrogen-bond acceptors (Lipinski definition) is 4. The second-order valence-corrected chi connectivity index (χ2v) is 3.77. The lowest BCUT2D eigenvalue weighted by Gasteiger charge is -2.24. The van der Waals surface area contributed by atoms with Crippen LogP contribution in [0.4, 0.5) is 0 Å². The zero-order valence-electron chi connectivity index (χ0n) is 5.33. The Morgan fingerprint density at radius 2 is 2.20 bits per heavy atom. The zero-order valence-corrected chi connectivity index (χ0v) is 6.14. The molecule has 1 heterocycles. The third-order valence-electron chi connectivity index (χ3n) is 1.19. The van der Waals surface area contributed by atoms with Crippen molar-refractivity contribution >= 4 is 16.0 Å². The van der Waals surface area contributed by atoms with Crippen molar-refractivity contribution in [1.82, 2.24) is 4.72 Å². The topological polar surface area (TPSA) is 72.5 Å². The molecule has 1 aliphatic heterocycles. The summed E-state index contributed by atoms with van der Waals surface area (Å²) in [5.41, 5.74) is 0. The number of methoxy groups -OCH3 is 1. The Kier molecular flexibility index (Phi) is 1.65. The van der Waals surface area contributed by atoms with Crippen LogP contribution in [-0.2, 0) is 19.6 Å². The first-order valence-corrected chi connectivity index (χ1v) is 4.28. The van der Waals surface area contributed by atoms with Crippen molar-refractivity contribution in [2.24, 2.45) is 0 Å². The molecule has 0 bridgehead atoms. The summed E-state index contributed by atoms with van der Waals surface area (Å²) in [6.07, 6.45) is 0. The van der Waals surface area contributed by atoms with E-state index in [0.717, 1.165) is 0 Å². The van der Waals surface area contributed by atoms with E-state index in [1.54, 1.807) is 0 Å². The van der Waals surface area contributed by atoms with Crippen LogP contribution in [0.2, 0.25) is 0 Å². The maximum absolute atomic E-state index is 10.5. The molecule has 0 unspecified atom stereocenters. The van der Waals surface area contributed by atoms with Gasteiger partial charge in [0.15, 0.2) is 0 Å². The Bertz CT molecular complexity index is 232. The fourth-order valence-corrected chi connectivity index (χ4v) is 1.75. The minimum atomic E-state index is -3.14. The van der Waals surface area contributed by atoms with Gasteiger partial charge in [0, 0.05) is 0 Å². The lowest BCUT2D eigenvalue weighted by atomic mass is 10.4. The molecule has 0 spiro atoms. The molecule has 0 radical (unpaired) electrons. The largest absolute Gasteiger partial charge is 0.468 e. The van der Waals surface area contributed by atoms with Crippen LogP contribution in [0.1, 0.15) is 0 Å². The lowest BCUT2D eigenvalue weighted by molar-refractivity contribution is -0.142. The van der Waals surface area contributed by atoms with Crippen LogP contribution in [0.25, 0.3) is 0 Å². The summed E-state index contributed by atoms with van der Waals surface area (Å²) < 4.78 is 27.1. The normalized spacial score (nSPS) is 28.7. The second-order valence-electron chi connectivity index (χ2n) is 1.98. The Hall–Kier alpha value is -0.620. The molecule has 0 aromatic heterocycles. The molecule has 1 fully saturated rings. The van der Waals surface area contributed by atoms with Gasteiger partial charge in [-0.25, -0.2) is 8.42 Å². The molecule has 0 aromatic rings. The van der Waals surface area contributed by atoms with Crippen molar-refractivity contribution in [1.29, 1.82) is 0 Å². The fraction of sp³-hybridized carbons (Fsp3) is 0.750. The molecular formula is C4H7NO4S. The van der Waals surface area contributed by atoms with Crippen molar-refractivity contribution < 1.29 is 17.9 Å². The molecule has 1 saturated heterocycles. The molecule has 0 saturated carbocycles. The highest BCUT2D eigenvalue weighted by Crippen LogP contribution is 2.05. The van der Waals surface area contributed by atoms with E-state index in [1.807, 2.05) is 0 Å². The lowest BCUT2D eigenvalue weighted by Crippen LogP contribution is -2.57. The predicted octanol–water partition coefficient (Wildman–Crippen LogP) is -1.54. The first-order valence-electron chi connectivity index (χ1n) is 2.63. The zero-order chi connectivity index (χ0) is 7.78. The van der Waals surface area contributed by atoms with Crippen LogP contribution in [0, 0.1) is 0 Å². The van der Waals surface area contributed by atoms with E-state index in [9.17, 15) is 13.2 Å². The highest BCUT2D eigenvalue weighted by molar-refractivity contribution is 7.91. The summed E-state index contributed by atoms with van der Waals surface area (Å²) in [5.74, 6) is -0.686. The third kappa shape index (κ3) is 1.27. The predicted molar refractivity (Wildman–Crippen MR) is 32.7 cm³/mol. The smallest absolute Gasteiger partial charge is 0.325 e. The quantitative estimate of drug-likeness (QED) is 0.478. The van der Waals surface area contributed by atoms with Gasteiger partial charge in [-0.2, -0.15) is 4.72 Å². The van der Waals surface area contributed by atoms with Gasteiger partial charge in [0.25, 0.3) is 0 Å². The van der Waals surface area contributed by atoms with E-state index in [-0.39, 0.29) is 5.75 Å². The molecule has 10 heavy (non-hydrogen) atoms. The summed E-state index contributed by atoms with van der Waals surface area (Å²) in [4.78, 5) is 10.5. The van der Waals surface area contributed by atoms with Crippen LogP contribution < -0.4 is 4.72 Å². The summed E-state index contributed by atoms with van der Waals surface area (Å²) >= 11 is 0. The number of esters is 1. The van der Waals surface area contributed by atoms with Crippen molar-refractivity contribution in [3.8, 4) is 0 Å². The van der Waals surface area contributed by atoms with E-state index in [1.165, 1.54) is 7.11 Å².